The normalized spacial score (nSPS) is 18.4. The topological polar surface area (TPSA) is 57.6 Å². The van der Waals surface area contributed by atoms with Crippen LogP contribution < -0.4 is 0 Å². The molecule has 0 aliphatic carbocycles. The molecule has 0 aromatic heterocycles. The molecule has 0 bridgehead atoms. The first kappa shape index (κ1) is 20.1. The maximum atomic E-state index is 13.1. The van der Waals surface area contributed by atoms with E-state index in [1.807, 2.05) is 0 Å². The van der Waals surface area contributed by atoms with Crippen LogP contribution in [0.5, 0.6) is 0 Å². The highest BCUT2D eigenvalue weighted by molar-refractivity contribution is 7.89. The number of sulfonamides is 1. The fraction of sp³-hybridized carbons (Fsp3) is 0.333. The van der Waals surface area contributed by atoms with Crippen molar-refractivity contribution in [3.8, 4) is 0 Å². The summed E-state index contributed by atoms with van der Waals surface area (Å²) in [6.07, 6.45) is -4.67. The zero-order valence-electron chi connectivity index (χ0n) is 14.1. The first-order chi connectivity index (χ1) is 12.5. The summed E-state index contributed by atoms with van der Waals surface area (Å²) in [5.41, 5.74) is -2.49. The van der Waals surface area contributed by atoms with Gasteiger partial charge < -0.3 is 5.11 Å². The molecule has 27 heavy (non-hydrogen) atoms. The number of piperidine rings is 1. The van der Waals surface area contributed by atoms with Crippen LogP contribution in [0.25, 0.3) is 0 Å². The second kappa shape index (κ2) is 7.09. The lowest BCUT2D eigenvalue weighted by molar-refractivity contribution is -0.137. The van der Waals surface area contributed by atoms with Crippen molar-refractivity contribution in [2.45, 2.75) is 29.5 Å². The van der Waals surface area contributed by atoms with Crippen molar-refractivity contribution < 1.29 is 26.7 Å². The third-order valence-electron chi connectivity index (χ3n) is 4.74. The quantitative estimate of drug-likeness (QED) is 0.817. The van der Waals surface area contributed by atoms with E-state index in [4.69, 9.17) is 11.6 Å². The lowest BCUT2D eigenvalue weighted by Gasteiger charge is -2.38. The summed E-state index contributed by atoms with van der Waals surface area (Å²) >= 11 is 5.63. The molecule has 0 spiro atoms. The van der Waals surface area contributed by atoms with E-state index in [0.717, 1.165) is 12.1 Å². The number of hydrogen-bond acceptors (Lipinski definition) is 3. The van der Waals surface area contributed by atoms with E-state index in [0.29, 0.717) is 0 Å². The minimum absolute atomic E-state index is 0.00228. The Hall–Kier alpha value is -1.61. The van der Waals surface area contributed by atoms with Gasteiger partial charge in [0.2, 0.25) is 10.0 Å². The number of hydrogen-bond donors (Lipinski definition) is 1. The van der Waals surface area contributed by atoms with E-state index in [-0.39, 0.29) is 36.4 Å². The van der Waals surface area contributed by atoms with Gasteiger partial charge in [-0.25, -0.2) is 8.42 Å². The fourth-order valence-corrected chi connectivity index (χ4v) is 4.85. The Bertz CT molecular complexity index is 925. The van der Waals surface area contributed by atoms with Crippen molar-refractivity contribution >= 4 is 21.6 Å². The van der Waals surface area contributed by atoms with Gasteiger partial charge in [-0.05, 0) is 42.7 Å². The number of halogens is 4. The van der Waals surface area contributed by atoms with Crippen LogP contribution >= 0.6 is 11.6 Å². The Morgan fingerprint density at radius 3 is 2.19 bits per heavy atom. The van der Waals surface area contributed by atoms with Crippen LogP contribution in [0, 0.1) is 0 Å². The molecule has 1 fully saturated rings. The predicted octanol–water partition coefficient (Wildman–Crippen LogP) is 4.03. The Kier molecular flexibility index (Phi) is 5.28. The summed E-state index contributed by atoms with van der Waals surface area (Å²) in [7, 11) is -3.71. The molecule has 4 nitrogen and oxygen atoms in total. The van der Waals surface area contributed by atoms with Gasteiger partial charge >= 0.3 is 6.18 Å². The van der Waals surface area contributed by atoms with E-state index < -0.39 is 32.4 Å². The van der Waals surface area contributed by atoms with E-state index in [9.17, 15) is 26.7 Å². The standard InChI is InChI=1S/C18H17ClF3NO3S/c19-16-7-6-13(12-15(16)18(20,21)22)17(24)8-10-23(11-9-17)27(25,26)14-4-2-1-3-5-14/h1-7,12,24H,8-11H2. The van der Waals surface area contributed by atoms with Crippen molar-refractivity contribution in [1.29, 1.82) is 0 Å². The predicted molar refractivity (Wildman–Crippen MR) is 94.8 cm³/mol. The van der Waals surface area contributed by atoms with Gasteiger partial charge in [0.05, 0.1) is 21.1 Å². The van der Waals surface area contributed by atoms with Gasteiger partial charge in [-0.15, -0.1) is 0 Å². The Morgan fingerprint density at radius 2 is 1.63 bits per heavy atom. The van der Waals surface area contributed by atoms with E-state index in [1.54, 1.807) is 18.2 Å². The Balaban J connectivity index is 1.83. The molecule has 0 atom stereocenters. The summed E-state index contributed by atoms with van der Waals surface area (Å²) in [5.74, 6) is 0. The smallest absolute Gasteiger partial charge is 0.385 e. The van der Waals surface area contributed by atoms with Crippen molar-refractivity contribution in [3.05, 3.63) is 64.7 Å². The average molecular weight is 420 g/mol. The number of alkyl halides is 3. The van der Waals surface area contributed by atoms with Gasteiger partial charge in [-0.3, -0.25) is 0 Å². The van der Waals surface area contributed by atoms with Crippen molar-refractivity contribution in [1.82, 2.24) is 4.31 Å². The van der Waals surface area contributed by atoms with E-state index >= 15 is 0 Å². The van der Waals surface area contributed by atoms with Gasteiger partial charge in [0.1, 0.15) is 0 Å². The molecule has 2 aromatic rings. The highest BCUT2D eigenvalue weighted by Crippen LogP contribution is 2.40. The van der Waals surface area contributed by atoms with Gasteiger partial charge in [0.25, 0.3) is 0 Å². The van der Waals surface area contributed by atoms with Crippen LogP contribution in [0.1, 0.15) is 24.0 Å². The highest BCUT2D eigenvalue weighted by Gasteiger charge is 2.40. The molecule has 0 amide bonds. The van der Waals surface area contributed by atoms with Crippen molar-refractivity contribution in [2.24, 2.45) is 0 Å². The van der Waals surface area contributed by atoms with Crippen LogP contribution in [-0.2, 0) is 21.8 Å². The summed E-state index contributed by atoms with van der Waals surface area (Å²) in [5, 5.41) is 10.4. The molecule has 9 heteroatoms. The second-order valence-electron chi connectivity index (χ2n) is 6.44. The third-order valence-corrected chi connectivity index (χ3v) is 6.98. The summed E-state index contributed by atoms with van der Waals surface area (Å²) in [6.45, 7) is -0.00455. The maximum Gasteiger partial charge on any atom is 0.417 e. The first-order valence-electron chi connectivity index (χ1n) is 8.19. The summed E-state index contributed by atoms with van der Waals surface area (Å²) in [6, 6.07) is 11.2. The molecular formula is C18H17ClF3NO3S. The SMILES string of the molecule is O=S(=O)(c1ccccc1)N1CCC(O)(c2ccc(Cl)c(C(F)(F)F)c2)CC1. The zero-order valence-corrected chi connectivity index (χ0v) is 15.7. The fourth-order valence-electron chi connectivity index (χ4n) is 3.16. The summed E-state index contributed by atoms with van der Waals surface area (Å²) in [4.78, 5) is 0.140. The van der Waals surface area contributed by atoms with Gasteiger partial charge in [0, 0.05) is 13.1 Å². The molecule has 1 aliphatic heterocycles. The first-order valence-corrected chi connectivity index (χ1v) is 10.0. The van der Waals surface area contributed by atoms with Gasteiger partial charge in [0.15, 0.2) is 0 Å². The molecule has 1 aliphatic rings. The van der Waals surface area contributed by atoms with Gasteiger partial charge in [-0.1, -0.05) is 35.9 Å². The van der Waals surface area contributed by atoms with Gasteiger partial charge in [-0.2, -0.15) is 17.5 Å². The molecule has 0 unspecified atom stereocenters. The van der Waals surface area contributed by atoms with Crippen LogP contribution in [0.4, 0.5) is 13.2 Å². The van der Waals surface area contributed by atoms with Crippen molar-refractivity contribution in [2.75, 3.05) is 13.1 Å². The highest BCUT2D eigenvalue weighted by atomic mass is 35.5. The lowest BCUT2D eigenvalue weighted by Crippen LogP contribution is -2.45. The Morgan fingerprint density at radius 1 is 1.04 bits per heavy atom. The number of benzene rings is 2. The molecule has 146 valence electrons. The molecular weight excluding hydrogens is 403 g/mol. The number of rotatable bonds is 3. The van der Waals surface area contributed by atoms with Crippen LogP contribution in [0.3, 0.4) is 0 Å². The van der Waals surface area contributed by atoms with Crippen molar-refractivity contribution in [3.63, 3.8) is 0 Å². The monoisotopic (exact) mass is 419 g/mol. The third kappa shape index (κ3) is 3.99. The molecule has 0 saturated carbocycles. The lowest BCUT2D eigenvalue weighted by atomic mass is 9.84. The Labute approximate surface area is 160 Å². The minimum Gasteiger partial charge on any atom is -0.385 e. The number of nitrogens with zero attached hydrogens (tertiary/aromatic N) is 1. The maximum absolute atomic E-state index is 13.1. The molecule has 0 radical (unpaired) electrons. The zero-order chi connectivity index (χ0) is 19.9. The summed E-state index contributed by atoms with van der Waals surface area (Å²) < 4.78 is 65.7. The van der Waals surface area contributed by atoms with E-state index in [1.165, 1.54) is 22.5 Å². The molecule has 1 heterocycles. The minimum atomic E-state index is -4.64. The molecule has 1 saturated heterocycles. The van der Waals surface area contributed by atoms with Crippen LogP contribution in [-0.4, -0.2) is 30.9 Å². The largest absolute Gasteiger partial charge is 0.417 e. The molecule has 2 aromatic carbocycles. The average Bonchev–Trinajstić information content (AvgIpc) is 2.62. The van der Waals surface area contributed by atoms with Crippen LogP contribution in [0.2, 0.25) is 5.02 Å². The second-order valence-corrected chi connectivity index (χ2v) is 8.79. The molecule has 1 N–H and O–H groups in total. The van der Waals surface area contributed by atoms with Crippen LogP contribution in [0.15, 0.2) is 53.4 Å². The van der Waals surface area contributed by atoms with E-state index in [2.05, 4.69) is 0 Å². The number of aliphatic hydroxyl groups is 1. The molecule has 3 rings (SSSR count).